The fourth-order valence-electron chi connectivity index (χ4n) is 3.98. The fraction of sp³-hybridized carbons (Fsp3) is 0.789. The van der Waals surface area contributed by atoms with Gasteiger partial charge >= 0.3 is 0 Å². The molecule has 3 rings (SSSR count). The smallest absolute Gasteiger partial charge is 0.191 e. The summed E-state index contributed by atoms with van der Waals surface area (Å²) < 4.78 is 0. The van der Waals surface area contributed by atoms with Crippen LogP contribution in [0.4, 0.5) is 0 Å². The predicted molar refractivity (Wildman–Crippen MR) is 122 cm³/mol. The fourth-order valence-corrected chi connectivity index (χ4v) is 4.84. The number of aryl methyl sites for hydroxylation is 1. The molecule has 1 aromatic heterocycles. The Morgan fingerprint density at radius 1 is 1.27 bits per heavy atom. The molecule has 1 saturated heterocycles. The van der Waals surface area contributed by atoms with Gasteiger partial charge in [-0.25, -0.2) is 4.98 Å². The summed E-state index contributed by atoms with van der Waals surface area (Å²) in [7, 11) is 1.86. The van der Waals surface area contributed by atoms with Crippen LogP contribution in [0.2, 0.25) is 0 Å². The summed E-state index contributed by atoms with van der Waals surface area (Å²) >= 11 is 1.82. The lowest BCUT2D eigenvalue weighted by Gasteiger charge is -2.36. The van der Waals surface area contributed by atoms with Gasteiger partial charge in [-0.2, -0.15) is 0 Å². The van der Waals surface area contributed by atoms with E-state index in [-0.39, 0.29) is 24.0 Å². The lowest BCUT2D eigenvalue weighted by atomic mass is 10.0. The zero-order valence-corrected chi connectivity index (χ0v) is 19.3. The predicted octanol–water partition coefficient (Wildman–Crippen LogP) is 3.44. The minimum atomic E-state index is 0. The molecule has 0 unspecified atom stereocenters. The van der Waals surface area contributed by atoms with Gasteiger partial charge in [-0.3, -0.25) is 4.99 Å². The van der Waals surface area contributed by atoms with Gasteiger partial charge in [-0.05, 0) is 32.1 Å². The van der Waals surface area contributed by atoms with Crippen LogP contribution in [-0.2, 0) is 12.8 Å². The second kappa shape index (κ2) is 11.4. The summed E-state index contributed by atoms with van der Waals surface area (Å²) in [6, 6.07) is 1.42. The van der Waals surface area contributed by atoms with Crippen LogP contribution in [0.3, 0.4) is 0 Å². The van der Waals surface area contributed by atoms with Crippen molar-refractivity contribution in [1.29, 1.82) is 0 Å². The Balaban J connectivity index is 0.00000243. The summed E-state index contributed by atoms with van der Waals surface area (Å²) in [6.45, 7) is 5.53. The molecular formula is C19H34IN5S. The van der Waals surface area contributed by atoms with Crippen LogP contribution in [0.5, 0.6) is 0 Å². The van der Waals surface area contributed by atoms with Crippen molar-refractivity contribution in [3.8, 4) is 0 Å². The minimum absolute atomic E-state index is 0. The minimum Gasteiger partial charge on any atom is -0.356 e. The molecule has 1 aliphatic carbocycles. The molecule has 1 aliphatic heterocycles. The van der Waals surface area contributed by atoms with E-state index in [0.717, 1.165) is 31.4 Å². The van der Waals surface area contributed by atoms with E-state index in [1.54, 1.807) is 0 Å². The Hall–Kier alpha value is -0.410. The Bertz CT molecular complexity index is 548. The highest BCUT2D eigenvalue weighted by Crippen LogP contribution is 2.26. The van der Waals surface area contributed by atoms with Crippen molar-refractivity contribution >= 4 is 41.3 Å². The van der Waals surface area contributed by atoms with E-state index in [1.807, 2.05) is 24.6 Å². The lowest BCUT2D eigenvalue weighted by Crippen LogP contribution is -2.50. The number of rotatable bonds is 6. The van der Waals surface area contributed by atoms with E-state index >= 15 is 0 Å². The lowest BCUT2D eigenvalue weighted by molar-refractivity contribution is 0.150. The molecular weight excluding hydrogens is 457 g/mol. The molecule has 0 atom stereocenters. The molecule has 0 radical (unpaired) electrons. The van der Waals surface area contributed by atoms with Crippen LogP contribution in [0.25, 0.3) is 0 Å². The summed E-state index contributed by atoms with van der Waals surface area (Å²) in [4.78, 5) is 13.0. The highest BCUT2D eigenvalue weighted by molar-refractivity contribution is 14.0. The van der Waals surface area contributed by atoms with Crippen molar-refractivity contribution in [2.24, 2.45) is 4.99 Å². The molecule has 148 valence electrons. The van der Waals surface area contributed by atoms with Gasteiger partial charge in [0, 0.05) is 56.3 Å². The molecule has 26 heavy (non-hydrogen) atoms. The standard InChI is InChI=1S/C19H33N5S.HI/c1-3-17-14-22-18(25-17)8-11-21-19(20-2)23-15-9-12-24(13-10-15)16-6-4-5-7-16;/h14-16H,3-13H2,1-2H3,(H2,20,21,23);1H. The zero-order valence-electron chi connectivity index (χ0n) is 16.2. The summed E-state index contributed by atoms with van der Waals surface area (Å²) in [5, 5.41) is 8.28. The van der Waals surface area contributed by atoms with Gasteiger partial charge in [0.2, 0.25) is 0 Å². The zero-order chi connectivity index (χ0) is 17.5. The number of likely N-dealkylation sites (tertiary alicyclic amines) is 1. The Morgan fingerprint density at radius 3 is 2.62 bits per heavy atom. The van der Waals surface area contributed by atoms with E-state index in [2.05, 4.69) is 32.4 Å². The third kappa shape index (κ3) is 6.34. The summed E-state index contributed by atoms with van der Waals surface area (Å²) in [6.07, 6.45) is 12.2. The van der Waals surface area contributed by atoms with Gasteiger partial charge in [0.15, 0.2) is 5.96 Å². The van der Waals surface area contributed by atoms with Crippen molar-refractivity contribution in [2.45, 2.75) is 70.4 Å². The highest BCUT2D eigenvalue weighted by Gasteiger charge is 2.27. The quantitative estimate of drug-likeness (QED) is 0.364. The van der Waals surface area contributed by atoms with Gasteiger partial charge < -0.3 is 15.5 Å². The molecule has 1 aromatic rings. The van der Waals surface area contributed by atoms with Crippen molar-refractivity contribution in [3.05, 3.63) is 16.1 Å². The molecule has 2 heterocycles. The number of hydrogen-bond donors (Lipinski definition) is 2. The van der Waals surface area contributed by atoms with Crippen molar-refractivity contribution in [1.82, 2.24) is 20.5 Å². The summed E-state index contributed by atoms with van der Waals surface area (Å²) in [5.74, 6) is 0.937. The van der Waals surface area contributed by atoms with Crippen molar-refractivity contribution in [3.63, 3.8) is 0 Å². The largest absolute Gasteiger partial charge is 0.356 e. The van der Waals surface area contributed by atoms with Crippen molar-refractivity contribution in [2.75, 3.05) is 26.7 Å². The van der Waals surface area contributed by atoms with Crippen LogP contribution in [0, 0.1) is 0 Å². The van der Waals surface area contributed by atoms with E-state index in [9.17, 15) is 0 Å². The number of halogens is 1. The first-order valence-corrected chi connectivity index (χ1v) is 10.7. The van der Waals surface area contributed by atoms with Gasteiger partial charge in [0.1, 0.15) is 0 Å². The number of nitrogens with one attached hydrogen (secondary N) is 2. The van der Waals surface area contributed by atoms with Crippen LogP contribution in [0.15, 0.2) is 11.2 Å². The molecule has 0 bridgehead atoms. The molecule has 2 aliphatic rings. The number of nitrogens with zero attached hydrogens (tertiary/aromatic N) is 3. The van der Waals surface area contributed by atoms with Crippen LogP contribution < -0.4 is 10.6 Å². The van der Waals surface area contributed by atoms with Gasteiger partial charge in [0.25, 0.3) is 0 Å². The maximum absolute atomic E-state index is 4.48. The average molecular weight is 491 g/mol. The first kappa shape index (κ1) is 21.9. The number of hydrogen-bond acceptors (Lipinski definition) is 4. The second-order valence-electron chi connectivity index (χ2n) is 7.22. The third-order valence-electron chi connectivity index (χ3n) is 5.52. The molecule has 1 saturated carbocycles. The maximum Gasteiger partial charge on any atom is 0.191 e. The molecule has 0 spiro atoms. The number of aliphatic imine (C=N–C) groups is 1. The monoisotopic (exact) mass is 491 g/mol. The molecule has 0 amide bonds. The molecule has 0 aromatic carbocycles. The number of guanidine groups is 1. The first-order valence-electron chi connectivity index (χ1n) is 9.93. The number of piperidine rings is 1. The van der Waals surface area contributed by atoms with E-state index < -0.39 is 0 Å². The van der Waals surface area contributed by atoms with E-state index in [4.69, 9.17) is 0 Å². The Kier molecular flexibility index (Phi) is 9.63. The Labute approximate surface area is 179 Å². The highest BCUT2D eigenvalue weighted by atomic mass is 127. The average Bonchev–Trinajstić information content (AvgIpc) is 3.33. The SMILES string of the molecule is CCc1cnc(CCNC(=NC)NC2CCN(C3CCCC3)CC2)s1.I. The van der Waals surface area contributed by atoms with Crippen LogP contribution >= 0.6 is 35.3 Å². The van der Waals surface area contributed by atoms with E-state index in [1.165, 1.54) is 61.5 Å². The van der Waals surface area contributed by atoms with Crippen LogP contribution in [0.1, 0.15) is 55.3 Å². The summed E-state index contributed by atoms with van der Waals surface area (Å²) in [5.41, 5.74) is 0. The second-order valence-corrected chi connectivity index (χ2v) is 8.42. The number of aromatic nitrogens is 1. The topological polar surface area (TPSA) is 52.6 Å². The maximum atomic E-state index is 4.48. The molecule has 7 heteroatoms. The third-order valence-corrected chi connectivity index (χ3v) is 6.72. The van der Waals surface area contributed by atoms with E-state index in [0.29, 0.717) is 6.04 Å². The normalized spacial score (nSPS) is 20.2. The first-order chi connectivity index (χ1) is 12.3. The molecule has 2 N–H and O–H groups in total. The Morgan fingerprint density at radius 2 is 2.00 bits per heavy atom. The van der Waals surface area contributed by atoms with Crippen molar-refractivity contribution < 1.29 is 0 Å². The van der Waals surface area contributed by atoms with Gasteiger partial charge in [0.05, 0.1) is 5.01 Å². The number of thiazole rings is 1. The van der Waals surface area contributed by atoms with Gasteiger partial charge in [-0.15, -0.1) is 35.3 Å². The van der Waals surface area contributed by atoms with Gasteiger partial charge in [-0.1, -0.05) is 19.8 Å². The van der Waals surface area contributed by atoms with Crippen LogP contribution in [-0.4, -0.2) is 54.6 Å². The molecule has 2 fully saturated rings. The molecule has 5 nitrogen and oxygen atoms in total.